The number of amides is 1. The van der Waals surface area contributed by atoms with E-state index >= 15 is 0 Å². The molecule has 1 aliphatic heterocycles. The number of anilines is 1. The van der Waals surface area contributed by atoms with E-state index in [1.165, 1.54) is 11.1 Å². The molecular weight excluding hydrogens is 387 g/mol. The number of carbonyl (C=O) groups is 1. The molecule has 0 atom stereocenters. The van der Waals surface area contributed by atoms with Gasteiger partial charge in [-0.05, 0) is 30.7 Å². The Hall–Kier alpha value is -3.14. The number of nitrogens with one attached hydrogen (secondary N) is 2. The number of β-amino-alcohol motifs (C(OH)–C–C–N with tert-alkyl or cyclic N) is 1. The number of likely N-dealkylation sites (tertiary alicyclic amines) is 1. The third-order valence-corrected chi connectivity index (χ3v) is 5.01. The van der Waals surface area contributed by atoms with Crippen molar-refractivity contribution < 1.29 is 23.1 Å². The number of aliphatic hydroxyl groups excluding tert-OH is 1. The number of aryl methyl sites for hydroxylation is 1. The highest BCUT2D eigenvalue weighted by Gasteiger charge is 2.33. The summed E-state index contributed by atoms with van der Waals surface area (Å²) < 4.78 is 40.2. The zero-order valence-corrected chi connectivity index (χ0v) is 15.6. The normalized spacial score (nSPS) is 14.9. The molecule has 152 valence electrons. The summed E-state index contributed by atoms with van der Waals surface area (Å²) in [6.45, 7) is 2.09. The van der Waals surface area contributed by atoms with E-state index in [-0.39, 0.29) is 35.6 Å². The number of alkyl halides is 3. The summed E-state index contributed by atoms with van der Waals surface area (Å²) in [4.78, 5) is 18.7. The molecule has 1 fully saturated rings. The van der Waals surface area contributed by atoms with Crippen molar-refractivity contribution in [3.8, 4) is 11.1 Å². The second-order valence-corrected chi connectivity index (χ2v) is 6.98. The molecule has 7 nitrogen and oxygen atoms in total. The smallest absolute Gasteiger partial charge is 0.389 e. The highest BCUT2D eigenvalue weighted by molar-refractivity contribution is 6.02. The van der Waals surface area contributed by atoms with Crippen molar-refractivity contribution in [3.63, 3.8) is 0 Å². The second-order valence-electron chi connectivity index (χ2n) is 6.98. The molecule has 0 radical (unpaired) electrons. The number of fused-ring (bicyclic) bond motifs is 1. The maximum Gasteiger partial charge on any atom is 0.416 e. The van der Waals surface area contributed by atoms with Crippen LogP contribution in [0.25, 0.3) is 22.0 Å². The molecule has 10 heteroatoms. The average Bonchev–Trinajstić information content (AvgIpc) is 3.12. The van der Waals surface area contributed by atoms with Gasteiger partial charge in [-0.3, -0.25) is 9.89 Å². The van der Waals surface area contributed by atoms with E-state index < -0.39 is 17.8 Å². The number of halogens is 3. The van der Waals surface area contributed by atoms with Crippen LogP contribution >= 0.6 is 0 Å². The Morgan fingerprint density at radius 3 is 2.62 bits per heavy atom. The fraction of sp³-hybridized carbons (Fsp3) is 0.316. The number of aliphatic hydroxyl groups is 1. The van der Waals surface area contributed by atoms with Gasteiger partial charge in [0.15, 0.2) is 0 Å². The molecule has 4 rings (SSSR count). The highest BCUT2D eigenvalue weighted by atomic mass is 19.4. The lowest BCUT2D eigenvalue weighted by molar-refractivity contribution is -0.137. The van der Waals surface area contributed by atoms with Gasteiger partial charge < -0.3 is 15.3 Å². The van der Waals surface area contributed by atoms with Gasteiger partial charge in [0.2, 0.25) is 0 Å². The van der Waals surface area contributed by atoms with Crippen LogP contribution in [0.4, 0.5) is 19.0 Å². The van der Waals surface area contributed by atoms with Crippen LogP contribution in [0.5, 0.6) is 0 Å². The minimum absolute atomic E-state index is 0.209. The SMILES string of the molecule is CNc1nc(C)c(-c2cc(C(F)(F)F)cc3[nH]ncc23)cc1C(=O)N1CC(O)C1. The highest BCUT2D eigenvalue weighted by Crippen LogP contribution is 2.38. The summed E-state index contributed by atoms with van der Waals surface area (Å²) in [7, 11) is 1.61. The Morgan fingerprint density at radius 2 is 2.00 bits per heavy atom. The van der Waals surface area contributed by atoms with Crippen LogP contribution in [0.3, 0.4) is 0 Å². The lowest BCUT2D eigenvalue weighted by Crippen LogP contribution is -2.53. The number of H-pyrrole nitrogens is 1. The van der Waals surface area contributed by atoms with Gasteiger partial charge in [0.25, 0.3) is 5.91 Å². The maximum atomic E-state index is 13.4. The minimum atomic E-state index is -4.54. The molecule has 1 aromatic carbocycles. The van der Waals surface area contributed by atoms with Crippen molar-refractivity contribution in [1.82, 2.24) is 20.1 Å². The predicted molar refractivity (Wildman–Crippen MR) is 101 cm³/mol. The molecule has 29 heavy (non-hydrogen) atoms. The number of carbonyl (C=O) groups excluding carboxylic acids is 1. The Kier molecular flexibility index (Phi) is 4.45. The first-order chi connectivity index (χ1) is 13.7. The molecule has 2 aromatic heterocycles. The Labute approximate surface area is 163 Å². The van der Waals surface area contributed by atoms with Crippen molar-refractivity contribution in [2.45, 2.75) is 19.2 Å². The van der Waals surface area contributed by atoms with Gasteiger partial charge in [0.1, 0.15) is 5.82 Å². The van der Waals surface area contributed by atoms with Crippen LogP contribution < -0.4 is 5.32 Å². The number of aromatic amines is 1. The fourth-order valence-electron chi connectivity index (χ4n) is 3.46. The summed E-state index contributed by atoms with van der Waals surface area (Å²) >= 11 is 0. The van der Waals surface area contributed by atoms with Gasteiger partial charge >= 0.3 is 6.18 Å². The lowest BCUT2D eigenvalue weighted by Gasteiger charge is -2.36. The van der Waals surface area contributed by atoms with Crippen LogP contribution in [0.2, 0.25) is 0 Å². The maximum absolute atomic E-state index is 13.4. The first-order valence-corrected chi connectivity index (χ1v) is 8.90. The molecular formula is C19H18F3N5O2. The molecule has 1 amide bonds. The van der Waals surface area contributed by atoms with Gasteiger partial charge in [-0.2, -0.15) is 18.3 Å². The predicted octanol–water partition coefficient (Wildman–Crippen LogP) is 2.81. The molecule has 0 bridgehead atoms. The van der Waals surface area contributed by atoms with E-state index in [2.05, 4.69) is 20.5 Å². The van der Waals surface area contributed by atoms with Crippen molar-refractivity contribution in [1.29, 1.82) is 0 Å². The Morgan fingerprint density at radius 1 is 1.28 bits per heavy atom. The number of hydrogen-bond donors (Lipinski definition) is 3. The second kappa shape index (κ2) is 6.73. The first-order valence-electron chi connectivity index (χ1n) is 8.90. The molecule has 3 N–H and O–H groups in total. The van der Waals surface area contributed by atoms with Gasteiger partial charge in [-0.15, -0.1) is 0 Å². The van der Waals surface area contributed by atoms with E-state index in [4.69, 9.17) is 0 Å². The number of nitrogens with zero attached hydrogens (tertiary/aromatic N) is 3. The topological polar surface area (TPSA) is 94.1 Å². The molecule has 0 aliphatic carbocycles. The molecule has 3 heterocycles. The standard InChI is InChI=1S/C19H18F3N5O2/c1-9-12(5-14(17(23-2)25-9)18(29)27-7-11(28)8-27)13-3-10(19(20,21)22)4-16-15(13)6-24-26-16/h3-6,11,28H,7-8H2,1-2H3,(H,23,25)(H,24,26). The number of rotatable bonds is 3. The molecule has 1 saturated heterocycles. The van der Waals surface area contributed by atoms with E-state index in [0.717, 1.165) is 12.1 Å². The fourth-order valence-corrected chi connectivity index (χ4v) is 3.46. The zero-order chi connectivity index (χ0) is 20.9. The zero-order valence-electron chi connectivity index (χ0n) is 15.6. The van der Waals surface area contributed by atoms with E-state index in [0.29, 0.717) is 22.5 Å². The molecule has 0 saturated carbocycles. The first kappa shape index (κ1) is 19.2. The Bertz CT molecular complexity index is 1100. The van der Waals surface area contributed by atoms with E-state index in [9.17, 15) is 23.1 Å². The monoisotopic (exact) mass is 405 g/mol. The van der Waals surface area contributed by atoms with E-state index in [1.807, 2.05) is 0 Å². The van der Waals surface area contributed by atoms with Crippen molar-refractivity contribution >= 4 is 22.6 Å². The quantitative estimate of drug-likeness (QED) is 0.623. The van der Waals surface area contributed by atoms with Gasteiger partial charge in [0.05, 0.1) is 28.9 Å². The molecule has 1 aliphatic rings. The molecule has 3 aromatic rings. The van der Waals surface area contributed by atoms with Crippen molar-refractivity contribution in [2.75, 3.05) is 25.5 Å². The summed E-state index contributed by atoms with van der Waals surface area (Å²) in [5.41, 5.74) is 0.816. The number of benzene rings is 1. The van der Waals surface area contributed by atoms with Crippen LogP contribution in [0.15, 0.2) is 24.4 Å². The number of pyridine rings is 1. The third kappa shape index (κ3) is 3.29. The van der Waals surface area contributed by atoms with Crippen LogP contribution in [0, 0.1) is 6.92 Å². The largest absolute Gasteiger partial charge is 0.416 e. The van der Waals surface area contributed by atoms with Gasteiger partial charge in [0, 0.05) is 36.8 Å². The average molecular weight is 405 g/mol. The summed E-state index contributed by atoms with van der Waals surface area (Å²) in [6, 6.07) is 3.59. The summed E-state index contributed by atoms with van der Waals surface area (Å²) in [5, 5.41) is 19.3. The van der Waals surface area contributed by atoms with Gasteiger partial charge in [-0.1, -0.05) is 0 Å². The summed E-state index contributed by atoms with van der Waals surface area (Å²) in [6.07, 6.45) is -3.65. The molecule has 0 spiro atoms. The van der Waals surface area contributed by atoms with Crippen molar-refractivity contribution in [3.05, 3.63) is 41.2 Å². The Balaban J connectivity index is 1.90. The minimum Gasteiger partial charge on any atom is -0.389 e. The lowest BCUT2D eigenvalue weighted by atomic mass is 9.96. The van der Waals surface area contributed by atoms with Crippen LogP contribution in [-0.4, -0.2) is 57.3 Å². The van der Waals surface area contributed by atoms with E-state index in [1.54, 1.807) is 20.0 Å². The van der Waals surface area contributed by atoms with Crippen molar-refractivity contribution in [2.24, 2.45) is 0 Å². The van der Waals surface area contributed by atoms with Gasteiger partial charge in [-0.25, -0.2) is 4.98 Å². The van der Waals surface area contributed by atoms with Crippen LogP contribution in [-0.2, 0) is 6.18 Å². The third-order valence-electron chi connectivity index (χ3n) is 5.01. The summed E-state index contributed by atoms with van der Waals surface area (Å²) in [5.74, 6) is -0.0168. The molecule has 0 unspecified atom stereocenters. The number of aromatic nitrogens is 3. The number of hydrogen-bond acceptors (Lipinski definition) is 5. The van der Waals surface area contributed by atoms with Crippen LogP contribution in [0.1, 0.15) is 21.6 Å².